The number of benzene rings is 2. The molecule has 2 aromatic heterocycles. The molecular weight excluding hydrogens is 555 g/mol. The summed E-state index contributed by atoms with van der Waals surface area (Å²) in [5, 5.41) is 3.50. The fraction of sp³-hybridized carbons (Fsp3) is 0.250. The second kappa shape index (κ2) is 13.1. The standard InChI is InChI=1S/C26H24ClFN6O3.C2H4O2/c1-16(35)32-9-11-33(12-10-32)26(36)19-5-4-18(14-20(19)27)31-24-25-30-15-22(34(25)8-7-29-24)17-3-6-23(37-2)21(28)13-17;1-4-2-3/h3-8,13-15H,9-12H2,1-2H3,(H,29,31);2H,1H3. The Bertz CT molecular complexity index is 1570. The Hall–Kier alpha value is -4.71. The fourth-order valence-corrected chi connectivity index (χ4v) is 4.61. The lowest BCUT2D eigenvalue weighted by atomic mass is 10.1. The van der Waals surface area contributed by atoms with Crippen molar-refractivity contribution in [2.45, 2.75) is 6.92 Å². The zero-order chi connectivity index (χ0) is 29.5. The first-order chi connectivity index (χ1) is 19.8. The van der Waals surface area contributed by atoms with Crippen LogP contribution in [0.15, 0.2) is 55.0 Å². The highest BCUT2D eigenvalue weighted by atomic mass is 35.5. The summed E-state index contributed by atoms with van der Waals surface area (Å²) < 4.78 is 24.9. The van der Waals surface area contributed by atoms with Crippen LogP contribution in [0.5, 0.6) is 5.75 Å². The Morgan fingerprint density at radius 3 is 2.37 bits per heavy atom. The number of carbonyl (C=O) groups is 3. The van der Waals surface area contributed by atoms with E-state index in [1.54, 1.807) is 63.1 Å². The van der Waals surface area contributed by atoms with Gasteiger partial charge >= 0.3 is 0 Å². The predicted molar refractivity (Wildman–Crippen MR) is 151 cm³/mol. The lowest BCUT2D eigenvalue weighted by Crippen LogP contribution is -2.50. The molecule has 0 unspecified atom stereocenters. The molecule has 41 heavy (non-hydrogen) atoms. The van der Waals surface area contributed by atoms with E-state index in [-0.39, 0.29) is 17.6 Å². The van der Waals surface area contributed by atoms with Gasteiger partial charge in [-0.25, -0.2) is 14.4 Å². The molecular formula is C28H28ClFN6O5. The lowest BCUT2D eigenvalue weighted by Gasteiger charge is -2.34. The van der Waals surface area contributed by atoms with Gasteiger partial charge in [0.1, 0.15) is 0 Å². The Kier molecular flexibility index (Phi) is 9.35. The highest BCUT2D eigenvalue weighted by molar-refractivity contribution is 6.34. The van der Waals surface area contributed by atoms with Gasteiger partial charge < -0.3 is 24.6 Å². The van der Waals surface area contributed by atoms with E-state index >= 15 is 0 Å². The smallest absolute Gasteiger partial charge is 0.292 e. The van der Waals surface area contributed by atoms with Gasteiger partial charge in [-0.05, 0) is 36.4 Å². The number of hydrogen-bond donors (Lipinski definition) is 1. The minimum atomic E-state index is -0.465. The van der Waals surface area contributed by atoms with Gasteiger partial charge in [0.15, 0.2) is 23.0 Å². The van der Waals surface area contributed by atoms with Crippen LogP contribution >= 0.6 is 11.6 Å². The number of halogens is 2. The maximum absolute atomic E-state index is 14.3. The Morgan fingerprint density at radius 1 is 1.05 bits per heavy atom. The Labute approximate surface area is 240 Å². The molecule has 2 amide bonds. The summed E-state index contributed by atoms with van der Waals surface area (Å²) in [4.78, 5) is 45.8. The first kappa shape index (κ1) is 29.3. The SMILES string of the molecule is COC=O.COc1ccc(-c2cnc3c(Nc4ccc(C(=O)N5CCN(C(C)=O)CC5)c(Cl)c4)nccn23)cc1F. The van der Waals surface area contributed by atoms with E-state index in [4.69, 9.17) is 21.1 Å². The molecule has 1 N–H and O–H groups in total. The van der Waals surface area contributed by atoms with Crippen molar-refractivity contribution < 1.29 is 28.2 Å². The van der Waals surface area contributed by atoms with Crippen LogP contribution in [0.4, 0.5) is 15.9 Å². The highest BCUT2D eigenvalue weighted by Crippen LogP contribution is 2.29. The van der Waals surface area contributed by atoms with Gasteiger partial charge in [-0.1, -0.05) is 11.6 Å². The van der Waals surface area contributed by atoms with Crippen LogP contribution in [0.25, 0.3) is 16.9 Å². The van der Waals surface area contributed by atoms with Gasteiger partial charge in [0.2, 0.25) is 5.91 Å². The first-order valence-electron chi connectivity index (χ1n) is 12.5. The Morgan fingerprint density at radius 2 is 1.76 bits per heavy atom. The largest absolute Gasteiger partial charge is 0.494 e. The molecule has 1 saturated heterocycles. The first-order valence-corrected chi connectivity index (χ1v) is 12.9. The average molecular weight is 583 g/mol. The molecule has 3 heterocycles. The number of fused-ring (bicyclic) bond motifs is 1. The summed E-state index contributed by atoms with van der Waals surface area (Å²) in [6, 6.07) is 9.80. The molecule has 1 aliphatic rings. The molecule has 5 rings (SSSR count). The maximum Gasteiger partial charge on any atom is 0.292 e. The second-order valence-corrected chi connectivity index (χ2v) is 9.32. The second-order valence-electron chi connectivity index (χ2n) is 8.91. The van der Waals surface area contributed by atoms with Crippen molar-refractivity contribution in [3.8, 4) is 17.0 Å². The van der Waals surface area contributed by atoms with Crippen molar-refractivity contribution >= 4 is 47.0 Å². The molecule has 13 heteroatoms. The van der Waals surface area contributed by atoms with E-state index < -0.39 is 5.82 Å². The maximum atomic E-state index is 14.3. The summed E-state index contributed by atoms with van der Waals surface area (Å²) in [5.41, 5.74) is 2.88. The van der Waals surface area contributed by atoms with Crippen LogP contribution < -0.4 is 10.1 Å². The number of ether oxygens (including phenoxy) is 2. The van der Waals surface area contributed by atoms with E-state index in [0.29, 0.717) is 71.6 Å². The molecule has 0 radical (unpaired) electrons. The van der Waals surface area contributed by atoms with Crippen LogP contribution in [0, 0.1) is 5.82 Å². The molecule has 1 fully saturated rings. The number of methoxy groups -OCH3 is 2. The topological polar surface area (TPSA) is 118 Å². The van der Waals surface area contributed by atoms with Crippen LogP contribution in [0.1, 0.15) is 17.3 Å². The number of anilines is 2. The van der Waals surface area contributed by atoms with Gasteiger partial charge in [-0.3, -0.25) is 18.8 Å². The van der Waals surface area contributed by atoms with Gasteiger partial charge in [-0.2, -0.15) is 0 Å². The third-order valence-corrected chi connectivity index (χ3v) is 6.76. The molecule has 11 nitrogen and oxygen atoms in total. The summed E-state index contributed by atoms with van der Waals surface area (Å²) in [6.45, 7) is 3.83. The van der Waals surface area contributed by atoms with Crippen molar-refractivity contribution in [1.29, 1.82) is 0 Å². The fourth-order valence-electron chi connectivity index (χ4n) is 4.34. The van der Waals surface area contributed by atoms with Crippen molar-refractivity contribution in [2.24, 2.45) is 0 Å². The number of carbonyl (C=O) groups excluding carboxylic acids is 3. The monoisotopic (exact) mass is 582 g/mol. The van der Waals surface area contributed by atoms with E-state index in [9.17, 15) is 14.0 Å². The molecule has 0 atom stereocenters. The highest BCUT2D eigenvalue weighted by Gasteiger charge is 2.25. The van der Waals surface area contributed by atoms with E-state index in [1.165, 1.54) is 27.2 Å². The molecule has 214 valence electrons. The van der Waals surface area contributed by atoms with Crippen molar-refractivity contribution in [1.82, 2.24) is 24.2 Å². The van der Waals surface area contributed by atoms with E-state index in [2.05, 4.69) is 20.0 Å². The molecule has 0 aliphatic carbocycles. The quantitative estimate of drug-likeness (QED) is 0.339. The number of aromatic nitrogens is 3. The number of hydrogen-bond acceptors (Lipinski definition) is 8. The zero-order valence-corrected chi connectivity index (χ0v) is 23.4. The summed E-state index contributed by atoms with van der Waals surface area (Å²) in [6.07, 6.45) is 5.00. The Balaban J connectivity index is 0.000000909. The van der Waals surface area contributed by atoms with Gasteiger partial charge in [-0.15, -0.1) is 0 Å². The zero-order valence-electron chi connectivity index (χ0n) is 22.6. The number of rotatable bonds is 6. The third-order valence-electron chi connectivity index (χ3n) is 6.45. The number of nitrogens with one attached hydrogen (secondary N) is 1. The van der Waals surface area contributed by atoms with Gasteiger partial charge in [0, 0.05) is 56.7 Å². The minimum Gasteiger partial charge on any atom is -0.494 e. The van der Waals surface area contributed by atoms with Crippen molar-refractivity contribution in [3.63, 3.8) is 0 Å². The normalized spacial score (nSPS) is 12.8. The van der Waals surface area contributed by atoms with Crippen LogP contribution in [0.2, 0.25) is 5.02 Å². The molecule has 1 aliphatic heterocycles. The van der Waals surface area contributed by atoms with E-state index in [1.807, 2.05) is 0 Å². The van der Waals surface area contributed by atoms with Gasteiger partial charge in [0.05, 0.1) is 36.7 Å². The molecule has 4 aromatic rings. The van der Waals surface area contributed by atoms with E-state index in [0.717, 1.165) is 0 Å². The van der Waals surface area contributed by atoms with Crippen LogP contribution in [-0.4, -0.2) is 82.9 Å². The summed E-state index contributed by atoms with van der Waals surface area (Å²) in [5.74, 6) is -0.00105. The number of imidazole rings is 1. The molecule has 0 spiro atoms. The van der Waals surface area contributed by atoms with Crippen molar-refractivity contribution in [3.05, 3.63) is 71.4 Å². The molecule has 0 bridgehead atoms. The third kappa shape index (κ3) is 6.55. The van der Waals surface area contributed by atoms with Crippen molar-refractivity contribution in [2.75, 3.05) is 45.7 Å². The molecule has 2 aromatic carbocycles. The average Bonchev–Trinajstić information content (AvgIpc) is 3.42. The number of nitrogens with zero attached hydrogens (tertiary/aromatic N) is 5. The van der Waals surface area contributed by atoms with Crippen LogP contribution in [-0.2, 0) is 14.3 Å². The summed E-state index contributed by atoms with van der Waals surface area (Å²) >= 11 is 6.49. The number of amides is 2. The lowest BCUT2D eigenvalue weighted by molar-refractivity contribution is -0.130. The molecule has 0 saturated carbocycles. The number of piperazine rings is 1. The van der Waals surface area contributed by atoms with Crippen LogP contribution in [0.3, 0.4) is 0 Å². The predicted octanol–water partition coefficient (Wildman–Crippen LogP) is 4.03. The minimum absolute atomic E-state index is 0.00458. The summed E-state index contributed by atoms with van der Waals surface area (Å²) in [7, 11) is 2.73. The van der Waals surface area contributed by atoms with Gasteiger partial charge in [0.25, 0.3) is 12.4 Å².